The molecular weight excluding hydrogens is 400 g/mol. The summed E-state index contributed by atoms with van der Waals surface area (Å²) in [5.41, 5.74) is -0.780. The van der Waals surface area contributed by atoms with E-state index >= 15 is 0 Å². The average Bonchev–Trinajstić information content (AvgIpc) is 2.62. The van der Waals surface area contributed by atoms with Crippen LogP contribution < -0.4 is 0 Å². The molecule has 168 valence electrons. The van der Waals surface area contributed by atoms with Crippen LogP contribution in [0.25, 0.3) is 0 Å². The second kappa shape index (κ2) is 15.5. The number of unbranched alkanes of at least 4 members (excludes halogenated alkanes) is 1. The molecule has 0 fully saturated rings. The van der Waals surface area contributed by atoms with Crippen LogP contribution >= 0.6 is 0 Å². The van der Waals surface area contributed by atoms with E-state index in [1.54, 1.807) is 0 Å². The molecule has 0 aromatic carbocycles. The van der Waals surface area contributed by atoms with Gasteiger partial charge in [0.05, 0.1) is 34.5 Å². The van der Waals surface area contributed by atoms with Crippen molar-refractivity contribution >= 4 is 22.8 Å². The molecule has 0 spiro atoms. The highest BCUT2D eigenvalue weighted by atomic mass is 28.4. The van der Waals surface area contributed by atoms with Gasteiger partial charge in [0.1, 0.15) is 5.73 Å². The molecule has 0 rings (SSSR count). The summed E-state index contributed by atoms with van der Waals surface area (Å²) >= 11 is 0. The maximum absolute atomic E-state index is 11.7. The molecule has 0 aliphatic carbocycles. The van der Waals surface area contributed by atoms with Crippen LogP contribution in [-0.4, -0.2) is 85.0 Å². The lowest BCUT2D eigenvalue weighted by Gasteiger charge is -2.31. The maximum Gasteiger partial charge on any atom is 0.500 e. The van der Waals surface area contributed by atoms with Gasteiger partial charge in [0.25, 0.3) is 0 Å². The smallest absolute Gasteiger partial charge is 0.480 e. The summed E-state index contributed by atoms with van der Waals surface area (Å²) in [4.78, 5) is 11.7. The van der Waals surface area contributed by atoms with E-state index in [0.717, 1.165) is 24.9 Å². The van der Waals surface area contributed by atoms with Crippen LogP contribution in [0, 0.1) is 0 Å². The van der Waals surface area contributed by atoms with Gasteiger partial charge >= 0.3 is 14.8 Å². The van der Waals surface area contributed by atoms with E-state index in [9.17, 15) is 9.90 Å². The van der Waals surface area contributed by atoms with Gasteiger partial charge in [0.2, 0.25) is 0 Å². The van der Waals surface area contributed by atoms with Crippen LogP contribution in [0.15, 0.2) is 0 Å². The molecule has 0 aliphatic heterocycles. The lowest BCUT2D eigenvalue weighted by Crippen LogP contribution is -2.49. The molecule has 1 unspecified atom stereocenters. The molecule has 0 heterocycles. The molecule has 8 nitrogen and oxygen atoms in total. The molecule has 10 heteroatoms. The van der Waals surface area contributed by atoms with Gasteiger partial charge in [0, 0.05) is 25.9 Å². The molecule has 0 aromatic heterocycles. The third-order valence-electron chi connectivity index (χ3n) is 4.33. The number of rotatable bonds is 19. The first-order valence-corrected chi connectivity index (χ1v) is 15.4. The van der Waals surface area contributed by atoms with Gasteiger partial charge in [-0.1, -0.05) is 25.6 Å². The quantitative estimate of drug-likeness (QED) is 0.233. The number of hydrogen-bond acceptors (Lipinski definition) is 7. The summed E-state index contributed by atoms with van der Waals surface area (Å²) in [7, 11) is -4.79. The lowest BCUT2D eigenvalue weighted by molar-refractivity contribution is -0.146. The van der Waals surface area contributed by atoms with Gasteiger partial charge < -0.3 is 33.0 Å². The highest BCUT2D eigenvalue weighted by molar-refractivity contribution is 6.81. The van der Waals surface area contributed by atoms with Gasteiger partial charge in [0.15, 0.2) is 0 Å². The Bertz CT molecular complexity index is 392. The lowest BCUT2D eigenvalue weighted by atomic mass is 10.4. The Labute approximate surface area is 171 Å². The Kier molecular flexibility index (Phi) is 15.3. The second-order valence-electron chi connectivity index (χ2n) is 7.10. The fourth-order valence-corrected chi connectivity index (χ4v) is 8.42. The molecule has 2 N–H and O–H groups in total. The van der Waals surface area contributed by atoms with Crippen LogP contribution in [0.4, 0.5) is 0 Å². The van der Waals surface area contributed by atoms with Crippen LogP contribution in [0.2, 0.25) is 25.2 Å². The number of hydrogen-bond donors (Lipinski definition) is 2. The van der Waals surface area contributed by atoms with Crippen molar-refractivity contribution in [2.24, 2.45) is 0 Å². The normalized spacial score (nSPS) is 13.6. The van der Waals surface area contributed by atoms with Gasteiger partial charge in [-0.05, 0) is 27.2 Å². The molecule has 0 amide bonds. The number of carboxylic acid groups (broad SMARTS) is 1. The minimum Gasteiger partial charge on any atom is -0.480 e. The minimum atomic E-state index is -2.64. The van der Waals surface area contributed by atoms with Gasteiger partial charge in [-0.15, -0.1) is 0 Å². The van der Waals surface area contributed by atoms with Gasteiger partial charge in [-0.2, -0.15) is 0 Å². The number of aliphatic hydroxyl groups is 1. The van der Waals surface area contributed by atoms with Gasteiger partial charge in [-0.25, -0.2) is 4.79 Å². The van der Waals surface area contributed by atoms with E-state index in [0.29, 0.717) is 19.8 Å². The summed E-state index contributed by atoms with van der Waals surface area (Å²) in [5, 5.41) is 18.3. The Morgan fingerprint density at radius 1 is 0.893 bits per heavy atom. The molecule has 0 saturated heterocycles. The van der Waals surface area contributed by atoms with Crippen molar-refractivity contribution in [2.45, 2.75) is 64.5 Å². The van der Waals surface area contributed by atoms with Crippen molar-refractivity contribution in [1.29, 1.82) is 0 Å². The zero-order chi connectivity index (χ0) is 21.5. The predicted molar refractivity (Wildman–Crippen MR) is 112 cm³/mol. The zero-order valence-electron chi connectivity index (χ0n) is 18.2. The summed E-state index contributed by atoms with van der Waals surface area (Å²) in [6, 6.07) is 1.57. The molecular formula is C18H40O8Si2. The first kappa shape index (κ1) is 27.7. The Hall–Kier alpha value is -0.336. The molecule has 0 aliphatic rings. The zero-order valence-corrected chi connectivity index (χ0v) is 20.2. The number of aliphatic hydroxyl groups excluding tert-OH is 1. The third kappa shape index (κ3) is 11.0. The topological polar surface area (TPSA) is 104 Å². The van der Waals surface area contributed by atoms with Crippen molar-refractivity contribution in [3.05, 3.63) is 0 Å². The highest BCUT2D eigenvalue weighted by Crippen LogP contribution is 2.25. The van der Waals surface area contributed by atoms with Crippen LogP contribution in [0.1, 0.15) is 33.6 Å². The van der Waals surface area contributed by atoms with E-state index in [-0.39, 0.29) is 26.4 Å². The Morgan fingerprint density at radius 2 is 1.43 bits per heavy atom. The monoisotopic (exact) mass is 440 g/mol. The number of carboxylic acids is 1. The maximum atomic E-state index is 11.7. The van der Waals surface area contributed by atoms with E-state index in [1.165, 1.54) is 0 Å². The molecule has 0 aromatic rings. The predicted octanol–water partition coefficient (Wildman–Crippen LogP) is 2.54. The first-order valence-electron chi connectivity index (χ1n) is 10.2. The van der Waals surface area contributed by atoms with Crippen LogP contribution in [0.3, 0.4) is 0 Å². The number of aliphatic carboxylic acids is 1. The number of carbonyl (C=O) groups is 1. The fraction of sp³-hybridized carbons (Fsp3) is 0.944. The Morgan fingerprint density at radius 3 is 1.89 bits per heavy atom. The van der Waals surface area contributed by atoms with E-state index in [1.807, 2.05) is 33.9 Å². The molecule has 0 radical (unpaired) electrons. The van der Waals surface area contributed by atoms with Crippen LogP contribution in [0.5, 0.6) is 0 Å². The second-order valence-corrected chi connectivity index (χ2v) is 14.8. The van der Waals surface area contributed by atoms with Gasteiger partial charge in [-0.3, -0.25) is 0 Å². The third-order valence-corrected chi connectivity index (χ3v) is 11.0. The SMILES string of the molecule is CCO[Si](CCCC[Si](C)(C)C(OCCOCCO)C(=O)O)(OCC)OCC. The summed E-state index contributed by atoms with van der Waals surface area (Å²) < 4.78 is 28.4. The van der Waals surface area contributed by atoms with Crippen molar-refractivity contribution in [3.63, 3.8) is 0 Å². The molecule has 0 bridgehead atoms. The molecule has 28 heavy (non-hydrogen) atoms. The summed E-state index contributed by atoms with van der Waals surface area (Å²) in [6.45, 7) is 12.2. The van der Waals surface area contributed by atoms with Crippen LogP contribution in [-0.2, 0) is 27.5 Å². The first-order chi connectivity index (χ1) is 13.3. The number of ether oxygens (including phenoxy) is 2. The molecule has 0 saturated carbocycles. The van der Waals surface area contributed by atoms with Crippen molar-refractivity contribution in [3.8, 4) is 0 Å². The van der Waals surface area contributed by atoms with E-state index in [4.69, 9.17) is 27.9 Å². The molecule has 1 atom stereocenters. The van der Waals surface area contributed by atoms with E-state index < -0.39 is 28.6 Å². The van der Waals surface area contributed by atoms with Crippen molar-refractivity contribution in [1.82, 2.24) is 0 Å². The Balaban J connectivity index is 4.60. The van der Waals surface area contributed by atoms with Crippen molar-refractivity contribution in [2.75, 3.05) is 46.2 Å². The largest absolute Gasteiger partial charge is 0.500 e. The summed E-state index contributed by atoms with van der Waals surface area (Å²) in [5.74, 6) is -0.916. The standard InChI is InChI=1S/C18H40O8Si2/c1-6-24-28(25-7-2,26-8-3)16-10-9-15-27(4,5)18(17(20)21)23-14-13-22-12-11-19/h18-19H,6-16H2,1-5H3,(H,20,21). The average molecular weight is 441 g/mol. The highest BCUT2D eigenvalue weighted by Gasteiger charge is 2.41. The van der Waals surface area contributed by atoms with E-state index in [2.05, 4.69) is 0 Å². The summed E-state index contributed by atoms with van der Waals surface area (Å²) in [6.07, 6.45) is 1.75. The fourth-order valence-electron chi connectivity index (χ4n) is 3.08. The minimum absolute atomic E-state index is 0.0569. The van der Waals surface area contributed by atoms with Crippen molar-refractivity contribution < 1.29 is 37.8 Å².